The van der Waals surface area contributed by atoms with Crippen LogP contribution in [0.5, 0.6) is 0 Å². The highest BCUT2D eigenvalue weighted by molar-refractivity contribution is 7.99. The number of H-pyrrole nitrogens is 2. The number of hydrogen-bond donors (Lipinski definition) is 6. The Kier molecular flexibility index (Phi) is 5.65. The van der Waals surface area contributed by atoms with Crippen molar-refractivity contribution in [3.05, 3.63) is 42.0 Å². The number of hydroxylamine groups is 2. The van der Waals surface area contributed by atoms with Gasteiger partial charge in [0.05, 0.1) is 5.75 Å². The van der Waals surface area contributed by atoms with Crippen molar-refractivity contribution in [2.24, 2.45) is 0 Å². The molecular formula is C21H23N6O4S+. The predicted molar refractivity (Wildman–Crippen MR) is 123 cm³/mol. The quantitative estimate of drug-likeness (QED) is 0.140. The van der Waals surface area contributed by atoms with Crippen LogP contribution in [-0.2, 0) is 4.79 Å². The number of nitrogens with zero attached hydrogens (tertiary/aromatic N) is 3. The van der Waals surface area contributed by atoms with E-state index >= 15 is 0 Å². The van der Waals surface area contributed by atoms with Gasteiger partial charge in [-0.1, -0.05) is 17.8 Å². The van der Waals surface area contributed by atoms with Gasteiger partial charge in [0.2, 0.25) is 5.16 Å². The fraction of sp³-hybridized carbons (Fsp3) is 0.190. The lowest BCUT2D eigenvalue weighted by Gasteiger charge is -2.17. The molecule has 0 spiro atoms. The molecule has 2 aromatic carbocycles. The van der Waals surface area contributed by atoms with Crippen LogP contribution in [0.25, 0.3) is 33.4 Å². The first-order chi connectivity index (χ1) is 15.2. The molecule has 0 atom stereocenters. The van der Waals surface area contributed by atoms with E-state index in [1.54, 1.807) is 12.1 Å². The highest BCUT2D eigenvalue weighted by Gasteiger charge is 2.23. The van der Waals surface area contributed by atoms with Crippen LogP contribution in [0.1, 0.15) is 5.56 Å². The summed E-state index contributed by atoms with van der Waals surface area (Å²) in [6, 6.07) is 11.2. The molecule has 4 rings (SSSR count). The standard InChI is InChI=1S/C21H22N6O4S/c1-11-15(4-5-17-16(11)9-18(22-2)23-17)12-6-13(8-14(7-12)27(3,30)31)20-24-21(26-25-20)32-10-19(28)29/h4-9,22-23,30-31H,10H2,1-3H3,(H-,24,25,26,28,29)/p+1. The van der Waals surface area contributed by atoms with E-state index in [1.807, 2.05) is 38.2 Å². The number of nitrogens with one attached hydrogen (secondary N) is 3. The van der Waals surface area contributed by atoms with Gasteiger partial charge in [0.15, 0.2) is 11.5 Å². The molecule has 2 aromatic heterocycles. The van der Waals surface area contributed by atoms with E-state index in [1.165, 1.54) is 7.05 Å². The van der Waals surface area contributed by atoms with Crippen molar-refractivity contribution in [1.82, 2.24) is 25.0 Å². The first-order valence-electron chi connectivity index (χ1n) is 9.71. The third-order valence-electron chi connectivity index (χ3n) is 5.12. The van der Waals surface area contributed by atoms with Crippen molar-refractivity contribution in [2.45, 2.75) is 12.1 Å². The molecule has 0 aliphatic rings. The van der Waals surface area contributed by atoms with Gasteiger partial charge in [0.25, 0.3) is 0 Å². The molecule has 0 unspecified atom stereocenters. The second kappa shape index (κ2) is 8.28. The minimum Gasteiger partial charge on any atom is -0.481 e. The summed E-state index contributed by atoms with van der Waals surface area (Å²) < 4.78 is 0. The summed E-state index contributed by atoms with van der Waals surface area (Å²) in [7, 11) is 3.08. The molecule has 0 bridgehead atoms. The smallest absolute Gasteiger partial charge is 0.313 e. The van der Waals surface area contributed by atoms with Crippen LogP contribution in [0.2, 0.25) is 0 Å². The molecule has 11 heteroatoms. The van der Waals surface area contributed by atoms with Crippen molar-refractivity contribution in [2.75, 3.05) is 25.2 Å². The van der Waals surface area contributed by atoms with Crippen LogP contribution in [0, 0.1) is 6.92 Å². The van der Waals surface area contributed by atoms with Gasteiger partial charge in [-0.3, -0.25) is 9.89 Å². The van der Waals surface area contributed by atoms with Gasteiger partial charge in [0, 0.05) is 35.6 Å². The van der Waals surface area contributed by atoms with E-state index in [2.05, 4.69) is 25.5 Å². The number of quaternary nitrogens is 1. The Bertz CT molecular complexity index is 1310. The Hall–Kier alpha value is -3.38. The second-order valence-electron chi connectivity index (χ2n) is 7.46. The Balaban J connectivity index is 1.82. The Morgan fingerprint density at radius 2 is 1.94 bits per heavy atom. The molecule has 0 saturated heterocycles. The number of aromatic nitrogens is 4. The summed E-state index contributed by atoms with van der Waals surface area (Å²) in [6.07, 6.45) is 0. The van der Waals surface area contributed by atoms with Crippen molar-refractivity contribution >= 4 is 40.1 Å². The van der Waals surface area contributed by atoms with E-state index < -0.39 is 10.8 Å². The van der Waals surface area contributed by atoms with Gasteiger partial charge in [-0.2, -0.15) is 10.4 Å². The fourth-order valence-electron chi connectivity index (χ4n) is 3.51. The van der Waals surface area contributed by atoms with E-state index in [4.69, 9.17) is 5.11 Å². The van der Waals surface area contributed by atoms with E-state index in [0.29, 0.717) is 16.5 Å². The first kappa shape index (κ1) is 21.8. The van der Waals surface area contributed by atoms with Crippen LogP contribution >= 0.6 is 11.8 Å². The summed E-state index contributed by atoms with van der Waals surface area (Å²) >= 11 is 0.998. The van der Waals surface area contributed by atoms with E-state index in [9.17, 15) is 15.2 Å². The van der Waals surface area contributed by atoms with Gasteiger partial charge in [0.1, 0.15) is 12.9 Å². The number of aromatic amines is 2. The number of aryl methyl sites for hydroxylation is 1. The number of thioether (sulfide) groups is 1. The third-order valence-corrected chi connectivity index (χ3v) is 5.96. The number of carbonyl (C=O) groups is 1. The minimum absolute atomic E-state index is 0.157. The summed E-state index contributed by atoms with van der Waals surface area (Å²) in [5.41, 5.74) is 4.54. The van der Waals surface area contributed by atoms with Crippen LogP contribution in [0.3, 0.4) is 0 Å². The summed E-state index contributed by atoms with van der Waals surface area (Å²) in [6.45, 7) is 2.01. The van der Waals surface area contributed by atoms with Crippen molar-refractivity contribution in [1.29, 1.82) is 0 Å². The highest BCUT2D eigenvalue weighted by atomic mass is 32.2. The molecule has 0 saturated carbocycles. The molecular weight excluding hydrogens is 432 g/mol. The lowest BCUT2D eigenvalue weighted by atomic mass is 9.95. The predicted octanol–water partition coefficient (Wildman–Crippen LogP) is 3.86. The average molecular weight is 456 g/mol. The topological polar surface area (TPSA) is 147 Å². The second-order valence-corrected chi connectivity index (χ2v) is 8.41. The maximum atomic E-state index is 10.8. The van der Waals surface area contributed by atoms with Crippen LogP contribution in [0.15, 0.2) is 41.6 Å². The molecule has 0 aliphatic heterocycles. The average Bonchev–Trinajstić information content (AvgIpc) is 3.39. The molecule has 0 amide bonds. The largest absolute Gasteiger partial charge is 0.481 e. The molecule has 32 heavy (non-hydrogen) atoms. The lowest BCUT2D eigenvalue weighted by Crippen LogP contribution is -2.36. The number of aliphatic carboxylic acids is 1. The molecule has 0 fully saturated rings. The summed E-state index contributed by atoms with van der Waals surface area (Å²) in [4.78, 5) is 17.1. The number of benzene rings is 2. The lowest BCUT2D eigenvalue weighted by molar-refractivity contribution is -0.272. The van der Waals surface area contributed by atoms with Crippen molar-refractivity contribution in [3.8, 4) is 22.5 Å². The zero-order valence-electron chi connectivity index (χ0n) is 17.7. The maximum absolute atomic E-state index is 10.8. The third kappa shape index (κ3) is 4.32. The van der Waals surface area contributed by atoms with E-state index in [0.717, 1.165) is 45.2 Å². The molecule has 4 aromatic rings. The fourth-order valence-corrected chi connectivity index (χ4v) is 4.03. The Labute approximate surface area is 187 Å². The van der Waals surface area contributed by atoms with Crippen LogP contribution in [0.4, 0.5) is 11.5 Å². The molecule has 6 N–H and O–H groups in total. The molecule has 0 aliphatic carbocycles. The number of carboxylic acid groups (broad SMARTS) is 1. The Morgan fingerprint density at radius 3 is 2.62 bits per heavy atom. The van der Waals surface area contributed by atoms with Gasteiger partial charge in [-0.15, -0.1) is 5.10 Å². The van der Waals surface area contributed by atoms with Gasteiger partial charge in [-0.05, 0) is 46.6 Å². The molecule has 0 radical (unpaired) electrons. The van der Waals surface area contributed by atoms with Crippen molar-refractivity contribution in [3.63, 3.8) is 0 Å². The highest BCUT2D eigenvalue weighted by Crippen LogP contribution is 2.36. The molecule has 10 nitrogen and oxygen atoms in total. The van der Waals surface area contributed by atoms with Gasteiger partial charge >= 0.3 is 5.97 Å². The number of fused-ring (bicyclic) bond motifs is 1. The van der Waals surface area contributed by atoms with Gasteiger partial charge in [-0.25, -0.2) is 4.98 Å². The van der Waals surface area contributed by atoms with Crippen molar-refractivity contribution < 1.29 is 20.3 Å². The van der Waals surface area contributed by atoms with Crippen LogP contribution < -0.4 is 10.1 Å². The minimum atomic E-state index is -1.36. The number of hydrogen-bond acceptors (Lipinski definition) is 7. The Morgan fingerprint density at radius 1 is 1.19 bits per heavy atom. The monoisotopic (exact) mass is 455 g/mol. The maximum Gasteiger partial charge on any atom is 0.313 e. The number of carboxylic acids is 1. The normalized spacial score (nSPS) is 11.8. The SMILES string of the molecule is CNc1cc2c(C)c(-c3cc(-c4nc(SCC(=O)O)n[nH]4)cc([N+](C)(O)O)c3)ccc2[nH]1. The molecule has 2 heterocycles. The number of anilines is 1. The zero-order chi connectivity index (χ0) is 23.0. The van der Waals surface area contributed by atoms with Crippen LogP contribution in [-0.4, -0.2) is 61.5 Å². The summed E-state index contributed by atoms with van der Waals surface area (Å²) in [5.74, 6) is 0.177. The van der Waals surface area contributed by atoms with Gasteiger partial charge < -0.3 is 15.4 Å². The molecule has 166 valence electrons. The number of rotatable bonds is 7. The van der Waals surface area contributed by atoms with E-state index in [-0.39, 0.29) is 11.4 Å². The summed E-state index contributed by atoms with van der Waals surface area (Å²) in [5, 5.41) is 40.6. The zero-order valence-corrected chi connectivity index (χ0v) is 18.5. The first-order valence-corrected chi connectivity index (χ1v) is 10.7.